The number of hydrogen-bond donors (Lipinski definition) is 1. The molecule has 1 N–H and O–H groups in total. The zero-order valence-electron chi connectivity index (χ0n) is 9.59. The normalized spacial score (nSPS) is 20.1. The second kappa shape index (κ2) is 6.07. The highest BCUT2D eigenvalue weighted by molar-refractivity contribution is 7.99. The summed E-state index contributed by atoms with van der Waals surface area (Å²) in [7, 11) is 0. The molecular weight excluding hydrogens is 236 g/mol. The highest BCUT2D eigenvalue weighted by Gasteiger charge is 2.14. The van der Waals surface area contributed by atoms with Crippen LogP contribution in [0, 0.1) is 0 Å². The van der Waals surface area contributed by atoms with E-state index in [1.54, 1.807) is 30.0 Å². The molecule has 0 spiro atoms. The first-order chi connectivity index (χ1) is 8.25. The summed E-state index contributed by atoms with van der Waals surface area (Å²) in [4.78, 5) is 11.8. The minimum absolute atomic E-state index is 0.322. The molecule has 1 aromatic carbocycles. The molecule has 2 rings (SSSR count). The molecule has 1 saturated heterocycles. The summed E-state index contributed by atoms with van der Waals surface area (Å²) in [5.41, 5.74) is 0.347. The molecule has 0 amide bonds. The van der Waals surface area contributed by atoms with Gasteiger partial charge in [0.05, 0.1) is 11.7 Å². The van der Waals surface area contributed by atoms with Crippen molar-refractivity contribution in [2.45, 2.75) is 30.3 Å². The van der Waals surface area contributed by atoms with Gasteiger partial charge < -0.3 is 9.84 Å². The first kappa shape index (κ1) is 12.5. The van der Waals surface area contributed by atoms with Gasteiger partial charge in [0.1, 0.15) is 0 Å². The molecule has 1 atom stereocenters. The van der Waals surface area contributed by atoms with E-state index in [0.717, 1.165) is 30.1 Å². The lowest BCUT2D eigenvalue weighted by molar-refractivity contribution is 0.0315. The van der Waals surface area contributed by atoms with Gasteiger partial charge in [-0.1, -0.05) is 6.07 Å². The van der Waals surface area contributed by atoms with E-state index >= 15 is 0 Å². The van der Waals surface area contributed by atoms with Crippen LogP contribution in [0.15, 0.2) is 29.2 Å². The van der Waals surface area contributed by atoms with E-state index in [1.807, 2.05) is 6.07 Å². The van der Waals surface area contributed by atoms with Crippen LogP contribution in [0.25, 0.3) is 0 Å². The van der Waals surface area contributed by atoms with Crippen LogP contribution in [0.5, 0.6) is 0 Å². The van der Waals surface area contributed by atoms with E-state index in [2.05, 4.69) is 0 Å². The molecule has 0 aromatic heterocycles. The van der Waals surface area contributed by atoms with E-state index < -0.39 is 5.97 Å². The number of thioether (sulfide) groups is 1. The van der Waals surface area contributed by atoms with Gasteiger partial charge in [0, 0.05) is 17.3 Å². The lowest BCUT2D eigenvalue weighted by Gasteiger charge is -2.22. The Kier molecular flexibility index (Phi) is 4.45. The molecular formula is C13H16O3S. The van der Waals surface area contributed by atoms with Crippen LogP contribution in [0.4, 0.5) is 0 Å². The molecule has 92 valence electrons. The summed E-state index contributed by atoms with van der Waals surface area (Å²) in [5, 5.41) is 8.89. The molecule has 3 nitrogen and oxygen atoms in total. The Hall–Kier alpha value is -1.00. The van der Waals surface area contributed by atoms with Crippen molar-refractivity contribution in [1.29, 1.82) is 0 Å². The zero-order chi connectivity index (χ0) is 12.1. The Morgan fingerprint density at radius 2 is 2.35 bits per heavy atom. The second-order valence-corrected chi connectivity index (χ2v) is 5.23. The quantitative estimate of drug-likeness (QED) is 0.837. The van der Waals surface area contributed by atoms with Crippen molar-refractivity contribution in [3.05, 3.63) is 29.8 Å². The molecule has 1 aliphatic heterocycles. The molecule has 4 heteroatoms. The molecule has 1 unspecified atom stereocenters. The van der Waals surface area contributed by atoms with Crippen LogP contribution in [0.1, 0.15) is 29.6 Å². The molecule has 17 heavy (non-hydrogen) atoms. The minimum atomic E-state index is -0.874. The Balaban J connectivity index is 1.89. The number of ether oxygens (including phenoxy) is 1. The van der Waals surface area contributed by atoms with Crippen molar-refractivity contribution in [1.82, 2.24) is 0 Å². The first-order valence-corrected chi connectivity index (χ1v) is 6.82. The molecule has 0 radical (unpaired) electrons. The number of hydrogen-bond acceptors (Lipinski definition) is 3. The number of rotatable bonds is 4. The Labute approximate surface area is 105 Å². The number of carboxylic acids is 1. The maximum atomic E-state index is 10.8. The van der Waals surface area contributed by atoms with Crippen LogP contribution in [-0.4, -0.2) is 29.5 Å². The van der Waals surface area contributed by atoms with E-state index in [4.69, 9.17) is 9.84 Å². The lowest BCUT2D eigenvalue weighted by atomic mass is 10.1. The van der Waals surface area contributed by atoms with Crippen LogP contribution >= 0.6 is 11.8 Å². The average molecular weight is 252 g/mol. The monoisotopic (exact) mass is 252 g/mol. The van der Waals surface area contributed by atoms with Gasteiger partial charge in [-0.3, -0.25) is 0 Å². The highest BCUT2D eigenvalue weighted by Crippen LogP contribution is 2.24. The van der Waals surface area contributed by atoms with Crippen molar-refractivity contribution in [3.63, 3.8) is 0 Å². The van der Waals surface area contributed by atoms with Gasteiger partial charge in [-0.15, -0.1) is 11.8 Å². The molecule has 1 fully saturated rings. The first-order valence-electron chi connectivity index (χ1n) is 5.83. The van der Waals surface area contributed by atoms with Crippen molar-refractivity contribution in [2.24, 2.45) is 0 Å². The summed E-state index contributed by atoms with van der Waals surface area (Å²) >= 11 is 1.67. The number of aromatic carboxylic acids is 1. The van der Waals surface area contributed by atoms with Gasteiger partial charge >= 0.3 is 5.97 Å². The van der Waals surface area contributed by atoms with E-state index in [0.29, 0.717) is 11.7 Å². The Morgan fingerprint density at radius 1 is 1.47 bits per heavy atom. The molecule has 0 saturated carbocycles. The molecule has 1 aliphatic rings. The van der Waals surface area contributed by atoms with Crippen LogP contribution in [0.2, 0.25) is 0 Å². The topological polar surface area (TPSA) is 46.5 Å². The third-order valence-electron chi connectivity index (χ3n) is 2.79. The predicted molar refractivity (Wildman–Crippen MR) is 67.7 cm³/mol. The maximum Gasteiger partial charge on any atom is 0.335 e. The fraction of sp³-hybridized carbons (Fsp3) is 0.462. The van der Waals surface area contributed by atoms with Gasteiger partial charge in [-0.05, 0) is 37.5 Å². The van der Waals surface area contributed by atoms with Crippen LogP contribution in [-0.2, 0) is 4.74 Å². The number of carboxylic acid groups (broad SMARTS) is 1. The summed E-state index contributed by atoms with van der Waals surface area (Å²) in [6.07, 6.45) is 3.84. The summed E-state index contributed by atoms with van der Waals surface area (Å²) in [6.45, 7) is 0.862. The SMILES string of the molecule is O=C(O)c1cccc(SCC2CCCCO2)c1. The lowest BCUT2D eigenvalue weighted by Crippen LogP contribution is -2.21. The van der Waals surface area contributed by atoms with Crippen molar-refractivity contribution in [2.75, 3.05) is 12.4 Å². The van der Waals surface area contributed by atoms with Crippen LogP contribution in [0.3, 0.4) is 0 Å². The second-order valence-electron chi connectivity index (χ2n) is 4.13. The Morgan fingerprint density at radius 3 is 3.06 bits per heavy atom. The molecule has 0 aliphatic carbocycles. The zero-order valence-corrected chi connectivity index (χ0v) is 10.4. The van der Waals surface area contributed by atoms with Gasteiger partial charge in [0.2, 0.25) is 0 Å². The molecule has 0 bridgehead atoms. The fourth-order valence-electron chi connectivity index (χ4n) is 1.85. The van der Waals surface area contributed by atoms with Gasteiger partial charge in [0.25, 0.3) is 0 Å². The average Bonchev–Trinajstić information content (AvgIpc) is 2.38. The summed E-state index contributed by atoms with van der Waals surface area (Å²) in [6, 6.07) is 7.06. The van der Waals surface area contributed by atoms with Crippen LogP contribution < -0.4 is 0 Å². The minimum Gasteiger partial charge on any atom is -0.478 e. The largest absolute Gasteiger partial charge is 0.478 e. The fourth-order valence-corrected chi connectivity index (χ4v) is 2.87. The highest BCUT2D eigenvalue weighted by atomic mass is 32.2. The smallest absolute Gasteiger partial charge is 0.335 e. The van der Waals surface area contributed by atoms with Crippen molar-refractivity contribution >= 4 is 17.7 Å². The van der Waals surface area contributed by atoms with Crippen molar-refractivity contribution in [3.8, 4) is 0 Å². The van der Waals surface area contributed by atoms with E-state index in [-0.39, 0.29) is 0 Å². The standard InChI is InChI=1S/C13H16O3S/c14-13(15)10-4-3-6-12(8-10)17-9-11-5-1-2-7-16-11/h3-4,6,8,11H,1-2,5,7,9H2,(H,14,15). The third-order valence-corrected chi connectivity index (χ3v) is 3.92. The van der Waals surface area contributed by atoms with E-state index in [9.17, 15) is 4.79 Å². The van der Waals surface area contributed by atoms with Crippen molar-refractivity contribution < 1.29 is 14.6 Å². The summed E-state index contributed by atoms with van der Waals surface area (Å²) in [5.74, 6) is 0.0321. The molecule has 1 aromatic rings. The maximum absolute atomic E-state index is 10.8. The Bertz CT molecular complexity index is 386. The third kappa shape index (κ3) is 3.75. The number of benzene rings is 1. The van der Waals surface area contributed by atoms with Gasteiger partial charge in [-0.2, -0.15) is 0 Å². The van der Waals surface area contributed by atoms with Gasteiger partial charge in [0.15, 0.2) is 0 Å². The number of carbonyl (C=O) groups is 1. The predicted octanol–water partition coefficient (Wildman–Crippen LogP) is 3.05. The van der Waals surface area contributed by atoms with Gasteiger partial charge in [-0.25, -0.2) is 4.79 Å². The summed E-state index contributed by atoms with van der Waals surface area (Å²) < 4.78 is 5.64. The molecule has 1 heterocycles. The van der Waals surface area contributed by atoms with E-state index in [1.165, 1.54) is 6.42 Å².